The topological polar surface area (TPSA) is 104 Å². The molecule has 34 heavy (non-hydrogen) atoms. The van der Waals surface area contributed by atoms with Crippen molar-refractivity contribution in [1.82, 2.24) is 14.7 Å². The molecule has 1 aromatic rings. The van der Waals surface area contributed by atoms with Crippen LogP contribution in [0.5, 0.6) is 5.75 Å². The minimum Gasteiger partial charge on any atom is -0.497 e. The number of nitrogens with zero attached hydrogens (tertiary/aromatic N) is 3. The number of nitrogens with one attached hydrogen (secondary N) is 1. The number of amides is 3. The van der Waals surface area contributed by atoms with Crippen molar-refractivity contribution in [2.75, 3.05) is 65.4 Å². The third-order valence-electron chi connectivity index (χ3n) is 6.84. The number of hydrogen-bond donors (Lipinski definition) is 2. The first-order valence-electron chi connectivity index (χ1n) is 12.0. The number of ether oxygens (including phenoxy) is 3. The largest absolute Gasteiger partial charge is 0.497 e. The number of benzene rings is 1. The average Bonchev–Trinajstić information content (AvgIpc) is 2.82. The van der Waals surface area contributed by atoms with E-state index < -0.39 is 6.10 Å². The Kier molecular flexibility index (Phi) is 8.25. The van der Waals surface area contributed by atoms with Crippen molar-refractivity contribution in [2.24, 2.45) is 0 Å². The molecule has 0 aromatic heterocycles. The molecule has 0 aliphatic carbocycles. The van der Waals surface area contributed by atoms with Gasteiger partial charge in [-0.15, -0.1) is 0 Å². The van der Waals surface area contributed by atoms with E-state index in [0.29, 0.717) is 30.7 Å². The molecular formula is C24H36N4O6. The molecule has 3 saturated heterocycles. The van der Waals surface area contributed by atoms with E-state index in [1.807, 2.05) is 4.90 Å². The Morgan fingerprint density at radius 1 is 1.12 bits per heavy atom. The lowest BCUT2D eigenvalue weighted by atomic mass is 9.94. The average molecular weight is 477 g/mol. The molecule has 2 N–H and O–H groups in total. The van der Waals surface area contributed by atoms with Gasteiger partial charge < -0.3 is 39.3 Å². The van der Waals surface area contributed by atoms with Gasteiger partial charge in [0.25, 0.3) is 0 Å². The van der Waals surface area contributed by atoms with Crippen LogP contribution < -0.4 is 10.1 Å². The van der Waals surface area contributed by atoms with Crippen LogP contribution in [0, 0.1) is 0 Å². The normalized spacial score (nSPS) is 28.4. The lowest BCUT2D eigenvalue weighted by molar-refractivity contribution is -0.155. The highest BCUT2D eigenvalue weighted by atomic mass is 16.5. The van der Waals surface area contributed by atoms with E-state index in [1.165, 1.54) is 0 Å². The molecule has 4 atom stereocenters. The number of anilines is 1. The van der Waals surface area contributed by atoms with Crippen molar-refractivity contribution < 1.29 is 28.9 Å². The fourth-order valence-electron chi connectivity index (χ4n) is 4.82. The number of urea groups is 1. The number of fused-ring (bicyclic) bond motifs is 1. The fraction of sp³-hybridized carbons (Fsp3) is 0.667. The van der Waals surface area contributed by atoms with Gasteiger partial charge in [0.1, 0.15) is 11.9 Å². The molecule has 3 aliphatic heterocycles. The maximum absolute atomic E-state index is 13.2. The van der Waals surface area contributed by atoms with Crippen LogP contribution in [0.4, 0.5) is 10.5 Å². The zero-order valence-corrected chi connectivity index (χ0v) is 20.0. The quantitative estimate of drug-likeness (QED) is 0.668. The minimum atomic E-state index is -0.779. The first-order chi connectivity index (χ1) is 16.4. The molecule has 10 nitrogen and oxygen atoms in total. The maximum atomic E-state index is 13.2. The van der Waals surface area contributed by atoms with Gasteiger partial charge in [0.05, 0.1) is 51.5 Å². The van der Waals surface area contributed by atoms with E-state index in [1.54, 1.807) is 36.3 Å². The van der Waals surface area contributed by atoms with Crippen molar-refractivity contribution in [1.29, 1.82) is 0 Å². The van der Waals surface area contributed by atoms with Crippen LogP contribution in [0.15, 0.2) is 24.3 Å². The zero-order chi connectivity index (χ0) is 24.1. The molecule has 3 aliphatic rings. The molecule has 0 unspecified atom stereocenters. The summed E-state index contributed by atoms with van der Waals surface area (Å²) in [6.45, 7) is 3.81. The Morgan fingerprint density at radius 3 is 2.56 bits per heavy atom. The molecule has 188 valence electrons. The van der Waals surface area contributed by atoms with Crippen LogP contribution in [-0.4, -0.2) is 116 Å². The highest BCUT2D eigenvalue weighted by Crippen LogP contribution is 2.29. The van der Waals surface area contributed by atoms with E-state index in [0.717, 1.165) is 26.2 Å². The van der Waals surface area contributed by atoms with Gasteiger partial charge in [0.2, 0.25) is 5.91 Å². The van der Waals surface area contributed by atoms with Crippen LogP contribution in [0.3, 0.4) is 0 Å². The molecule has 0 bridgehead atoms. The summed E-state index contributed by atoms with van der Waals surface area (Å²) >= 11 is 0. The van der Waals surface area contributed by atoms with E-state index in [2.05, 4.69) is 17.3 Å². The van der Waals surface area contributed by atoms with Crippen LogP contribution in [0.1, 0.15) is 19.3 Å². The molecule has 1 aromatic carbocycles. The monoisotopic (exact) mass is 476 g/mol. The SMILES string of the molecule is COc1ccc(NC(=O)N2C[C@@H](O)COC[C@@H]3O[C@@H](CC(=O)N4CCN(C)CC4)CC[C@H]32)cc1. The van der Waals surface area contributed by atoms with Crippen LogP contribution in [0.2, 0.25) is 0 Å². The Hall–Kier alpha value is -2.40. The Balaban J connectivity index is 1.38. The summed E-state index contributed by atoms with van der Waals surface area (Å²) in [7, 11) is 3.65. The molecule has 3 amide bonds. The predicted octanol–water partition coefficient (Wildman–Crippen LogP) is 1.00. The highest BCUT2D eigenvalue weighted by Gasteiger charge is 2.40. The van der Waals surface area contributed by atoms with Crippen LogP contribution in [0.25, 0.3) is 0 Å². The van der Waals surface area contributed by atoms with Gasteiger partial charge in [0, 0.05) is 31.9 Å². The van der Waals surface area contributed by atoms with Crippen molar-refractivity contribution in [3.8, 4) is 5.75 Å². The zero-order valence-electron chi connectivity index (χ0n) is 20.0. The molecule has 0 saturated carbocycles. The summed E-state index contributed by atoms with van der Waals surface area (Å²) < 4.78 is 17.1. The molecule has 0 radical (unpaired) electrons. The van der Waals surface area contributed by atoms with Crippen LogP contribution >= 0.6 is 0 Å². The molecule has 3 heterocycles. The smallest absolute Gasteiger partial charge is 0.322 e. The van der Waals surface area contributed by atoms with Gasteiger partial charge in [-0.3, -0.25) is 4.79 Å². The number of likely N-dealkylation sites (N-methyl/N-ethyl adjacent to an activating group) is 1. The number of rotatable bonds is 4. The lowest BCUT2D eigenvalue weighted by Crippen LogP contribution is -2.58. The number of β-amino-alcohol motifs (C(OH)–C–C–N with tert-alkyl or cyclic N) is 1. The van der Waals surface area contributed by atoms with Gasteiger partial charge in [-0.2, -0.15) is 0 Å². The minimum absolute atomic E-state index is 0.118. The van der Waals surface area contributed by atoms with Gasteiger partial charge in [-0.1, -0.05) is 0 Å². The summed E-state index contributed by atoms with van der Waals surface area (Å²) in [6, 6.07) is 6.56. The summed E-state index contributed by atoms with van der Waals surface area (Å²) in [5.41, 5.74) is 0.641. The Morgan fingerprint density at radius 2 is 1.85 bits per heavy atom. The standard InChI is InChI=1S/C24H36N4O6/c1-26-9-11-27(12-10-26)23(30)13-20-7-8-21-22(34-20)16-33-15-18(29)14-28(21)24(31)25-17-3-5-19(32-2)6-4-17/h3-6,18,20-22,29H,7-16H2,1-2H3,(H,25,31)/t18-,20-,21-,22+/m1/s1. The summed E-state index contributed by atoms with van der Waals surface area (Å²) in [4.78, 5) is 31.8. The van der Waals surface area contributed by atoms with Crippen molar-refractivity contribution >= 4 is 17.6 Å². The van der Waals surface area contributed by atoms with Gasteiger partial charge in [-0.25, -0.2) is 4.79 Å². The lowest BCUT2D eigenvalue weighted by Gasteiger charge is -2.44. The van der Waals surface area contributed by atoms with E-state index in [4.69, 9.17) is 14.2 Å². The summed E-state index contributed by atoms with van der Waals surface area (Å²) in [5, 5.41) is 13.2. The predicted molar refractivity (Wildman–Crippen MR) is 126 cm³/mol. The highest BCUT2D eigenvalue weighted by molar-refractivity contribution is 5.89. The van der Waals surface area contributed by atoms with E-state index in [-0.39, 0.29) is 49.9 Å². The third kappa shape index (κ3) is 6.18. The third-order valence-corrected chi connectivity index (χ3v) is 6.84. The summed E-state index contributed by atoms with van der Waals surface area (Å²) in [6.07, 6.45) is 0.355. The second kappa shape index (κ2) is 11.4. The molecule has 0 spiro atoms. The molecular weight excluding hydrogens is 440 g/mol. The number of piperazine rings is 1. The van der Waals surface area contributed by atoms with E-state index >= 15 is 0 Å². The molecule has 4 rings (SSSR count). The number of aliphatic hydroxyl groups excluding tert-OH is 1. The first-order valence-corrected chi connectivity index (χ1v) is 12.0. The second-order valence-corrected chi connectivity index (χ2v) is 9.33. The number of carbonyl (C=O) groups excluding carboxylic acids is 2. The first kappa shape index (κ1) is 24.7. The molecule has 3 fully saturated rings. The Labute approximate surface area is 200 Å². The van der Waals surface area contributed by atoms with Crippen molar-refractivity contribution in [3.63, 3.8) is 0 Å². The number of carbonyl (C=O) groups is 2. The second-order valence-electron chi connectivity index (χ2n) is 9.33. The maximum Gasteiger partial charge on any atom is 0.322 e. The fourth-order valence-corrected chi connectivity index (χ4v) is 4.82. The van der Waals surface area contributed by atoms with Crippen molar-refractivity contribution in [3.05, 3.63) is 24.3 Å². The molecule has 10 heteroatoms. The number of aliphatic hydroxyl groups is 1. The van der Waals surface area contributed by atoms with Gasteiger partial charge in [-0.05, 0) is 44.2 Å². The van der Waals surface area contributed by atoms with E-state index in [9.17, 15) is 14.7 Å². The number of methoxy groups -OCH3 is 1. The Bertz CT molecular complexity index is 829. The van der Waals surface area contributed by atoms with Gasteiger partial charge in [0.15, 0.2) is 0 Å². The number of hydrogen-bond acceptors (Lipinski definition) is 7. The van der Waals surface area contributed by atoms with Crippen LogP contribution in [-0.2, 0) is 14.3 Å². The van der Waals surface area contributed by atoms with Crippen molar-refractivity contribution in [2.45, 2.75) is 43.6 Å². The summed E-state index contributed by atoms with van der Waals surface area (Å²) in [5.74, 6) is 0.822. The van der Waals surface area contributed by atoms with Gasteiger partial charge >= 0.3 is 6.03 Å².